The zero-order valence-corrected chi connectivity index (χ0v) is 4.83. The molecule has 0 aliphatic heterocycles. The van der Waals surface area contributed by atoms with Crippen molar-refractivity contribution >= 4 is 11.3 Å². The summed E-state index contributed by atoms with van der Waals surface area (Å²) in [5.74, 6) is 0.407. The van der Waals surface area contributed by atoms with Gasteiger partial charge in [0.2, 0.25) is 0 Å². The Morgan fingerprint density at radius 1 is 1.71 bits per heavy atom. The minimum absolute atomic E-state index is 0.407. The zero-order valence-electron chi connectivity index (χ0n) is 4.01. The Balaban J connectivity index is 3.12. The van der Waals surface area contributed by atoms with Crippen LogP contribution in [0.25, 0.3) is 0 Å². The van der Waals surface area contributed by atoms with Crippen molar-refractivity contribution in [1.29, 1.82) is 0 Å². The summed E-state index contributed by atoms with van der Waals surface area (Å²) in [6.45, 7) is 1.89. The normalized spacial score (nSPS) is 9.29. The van der Waals surface area contributed by atoms with Crippen LogP contribution >= 0.6 is 11.3 Å². The lowest BCUT2D eigenvalue weighted by Crippen LogP contribution is -1.54. The molecule has 1 rings (SSSR count). The molecular formula is C5H6OS. The van der Waals surface area contributed by atoms with Crippen LogP contribution in [0.15, 0.2) is 11.4 Å². The molecule has 1 aromatic rings. The summed E-state index contributed by atoms with van der Waals surface area (Å²) in [5, 5.41) is 10.6. The Morgan fingerprint density at radius 3 is 2.57 bits per heavy atom. The highest BCUT2D eigenvalue weighted by Gasteiger charge is 1.90. The molecule has 0 saturated heterocycles. The lowest BCUT2D eigenvalue weighted by atomic mass is 10.5. The molecule has 0 amide bonds. The van der Waals surface area contributed by atoms with E-state index in [-0.39, 0.29) is 0 Å². The van der Waals surface area contributed by atoms with Gasteiger partial charge in [-0.15, -0.1) is 11.3 Å². The number of hydrogen-bond acceptors (Lipinski definition) is 2. The number of thiophene rings is 1. The highest BCUT2D eigenvalue weighted by atomic mass is 32.1. The van der Waals surface area contributed by atoms with Crippen LogP contribution in [-0.2, 0) is 0 Å². The number of aromatic hydroxyl groups is 1. The molecule has 0 bridgehead atoms. The number of hydrogen-bond donors (Lipinski definition) is 1. The fourth-order valence-electron chi connectivity index (χ4n) is 0.378. The van der Waals surface area contributed by atoms with Crippen LogP contribution in [0.3, 0.4) is 0 Å². The van der Waals surface area contributed by atoms with Gasteiger partial charge in [-0.25, -0.2) is 0 Å². The van der Waals surface area contributed by atoms with Crippen molar-refractivity contribution in [3.05, 3.63) is 16.3 Å². The number of aryl methyl sites for hydroxylation is 1. The van der Waals surface area contributed by atoms with Gasteiger partial charge in [-0.2, -0.15) is 0 Å². The molecule has 0 fully saturated rings. The van der Waals surface area contributed by atoms with Crippen LogP contribution in [0.5, 0.6) is 5.75 Å². The molecular weight excluding hydrogens is 108 g/mol. The van der Waals surface area contributed by atoms with Gasteiger partial charge in [0.05, 0.1) is 0 Å². The second-order valence-corrected chi connectivity index (χ2v) is 2.48. The molecule has 0 spiro atoms. The van der Waals surface area contributed by atoms with E-state index in [4.69, 9.17) is 5.11 Å². The summed E-state index contributed by atoms with van der Waals surface area (Å²) in [7, 11) is 0. The highest BCUT2D eigenvalue weighted by molar-refractivity contribution is 7.10. The Kier molecular flexibility index (Phi) is 1.02. The van der Waals surface area contributed by atoms with E-state index in [1.54, 1.807) is 17.4 Å². The summed E-state index contributed by atoms with van der Waals surface area (Å²) in [5.41, 5.74) is 0. The summed E-state index contributed by atoms with van der Waals surface area (Å²) in [6.07, 6.45) is 0. The van der Waals surface area contributed by atoms with Crippen molar-refractivity contribution in [3.8, 4) is 5.75 Å². The lowest BCUT2D eigenvalue weighted by molar-refractivity contribution is 0.474. The first-order valence-electron chi connectivity index (χ1n) is 2.04. The van der Waals surface area contributed by atoms with Gasteiger partial charge >= 0.3 is 0 Å². The van der Waals surface area contributed by atoms with Crippen LogP contribution in [0, 0.1) is 6.92 Å². The molecule has 7 heavy (non-hydrogen) atoms. The van der Waals surface area contributed by atoms with Gasteiger partial charge < -0.3 is 5.11 Å². The molecule has 0 atom stereocenters. The molecule has 0 aliphatic rings. The molecule has 1 heterocycles. The first-order valence-corrected chi connectivity index (χ1v) is 2.92. The van der Waals surface area contributed by atoms with Crippen LogP contribution in [0.4, 0.5) is 0 Å². The maximum absolute atomic E-state index is 8.77. The van der Waals surface area contributed by atoms with Gasteiger partial charge in [0.25, 0.3) is 0 Å². The minimum atomic E-state index is 0.407. The Bertz CT molecular complexity index is 140. The second-order valence-electron chi connectivity index (χ2n) is 1.36. The van der Waals surface area contributed by atoms with Gasteiger partial charge in [0.15, 0.2) is 0 Å². The lowest BCUT2D eigenvalue weighted by Gasteiger charge is -1.79. The molecule has 0 aliphatic carbocycles. The standard InChI is InChI=1S/C5H6OS/c1-4-5(6)2-3-7-4/h2-3,6H,1H3. The maximum atomic E-state index is 8.77. The average molecular weight is 114 g/mol. The van der Waals surface area contributed by atoms with Gasteiger partial charge in [0.1, 0.15) is 5.75 Å². The van der Waals surface area contributed by atoms with Gasteiger partial charge in [0, 0.05) is 4.88 Å². The van der Waals surface area contributed by atoms with Crippen molar-refractivity contribution in [2.45, 2.75) is 6.92 Å². The molecule has 0 unspecified atom stereocenters. The molecule has 1 N–H and O–H groups in total. The van der Waals surface area contributed by atoms with Crippen molar-refractivity contribution in [2.75, 3.05) is 0 Å². The van der Waals surface area contributed by atoms with E-state index in [9.17, 15) is 0 Å². The van der Waals surface area contributed by atoms with Crippen LogP contribution in [0.1, 0.15) is 4.88 Å². The molecule has 0 aromatic carbocycles. The minimum Gasteiger partial charge on any atom is -0.507 e. The van der Waals surface area contributed by atoms with Gasteiger partial charge in [-0.05, 0) is 18.4 Å². The van der Waals surface area contributed by atoms with Crippen molar-refractivity contribution in [3.63, 3.8) is 0 Å². The average Bonchev–Trinajstić information content (AvgIpc) is 1.91. The van der Waals surface area contributed by atoms with E-state index in [0.717, 1.165) is 4.88 Å². The smallest absolute Gasteiger partial charge is 0.129 e. The van der Waals surface area contributed by atoms with E-state index < -0.39 is 0 Å². The van der Waals surface area contributed by atoms with Gasteiger partial charge in [-0.1, -0.05) is 0 Å². The summed E-state index contributed by atoms with van der Waals surface area (Å²) in [4.78, 5) is 0.986. The third kappa shape index (κ3) is 0.747. The first-order chi connectivity index (χ1) is 3.30. The van der Waals surface area contributed by atoms with Crippen LogP contribution in [0.2, 0.25) is 0 Å². The Morgan fingerprint density at radius 2 is 2.43 bits per heavy atom. The zero-order chi connectivity index (χ0) is 5.28. The predicted octanol–water partition coefficient (Wildman–Crippen LogP) is 1.76. The van der Waals surface area contributed by atoms with E-state index in [0.29, 0.717) is 5.75 Å². The molecule has 2 heteroatoms. The fourth-order valence-corrected chi connectivity index (χ4v) is 0.968. The van der Waals surface area contributed by atoms with Crippen molar-refractivity contribution in [1.82, 2.24) is 0 Å². The molecule has 1 nitrogen and oxygen atoms in total. The van der Waals surface area contributed by atoms with E-state index in [1.807, 2.05) is 12.3 Å². The third-order valence-electron chi connectivity index (χ3n) is 0.831. The Hall–Kier alpha value is -0.500. The van der Waals surface area contributed by atoms with Crippen molar-refractivity contribution in [2.24, 2.45) is 0 Å². The third-order valence-corrected chi connectivity index (χ3v) is 1.67. The summed E-state index contributed by atoms with van der Waals surface area (Å²) < 4.78 is 0. The van der Waals surface area contributed by atoms with Crippen molar-refractivity contribution < 1.29 is 5.11 Å². The maximum Gasteiger partial charge on any atom is 0.129 e. The van der Waals surface area contributed by atoms with E-state index >= 15 is 0 Å². The predicted molar refractivity (Wildman–Crippen MR) is 30.7 cm³/mol. The molecule has 1 aromatic heterocycles. The highest BCUT2D eigenvalue weighted by Crippen LogP contribution is 2.20. The topological polar surface area (TPSA) is 20.2 Å². The molecule has 0 saturated carbocycles. The summed E-state index contributed by atoms with van der Waals surface area (Å²) in [6, 6.07) is 1.69. The first kappa shape index (κ1) is 4.65. The Labute approximate surface area is 46.2 Å². The van der Waals surface area contributed by atoms with Gasteiger partial charge in [-0.3, -0.25) is 0 Å². The SMILES string of the molecule is Cc1sccc1O. The second kappa shape index (κ2) is 1.54. The van der Waals surface area contributed by atoms with E-state index in [1.165, 1.54) is 0 Å². The number of rotatable bonds is 0. The monoisotopic (exact) mass is 114 g/mol. The van der Waals surface area contributed by atoms with E-state index in [2.05, 4.69) is 0 Å². The van der Waals surface area contributed by atoms with Crippen LogP contribution < -0.4 is 0 Å². The largest absolute Gasteiger partial charge is 0.507 e. The quantitative estimate of drug-likeness (QED) is 0.545. The molecule has 38 valence electrons. The molecule has 0 radical (unpaired) electrons. The fraction of sp³-hybridized carbons (Fsp3) is 0.200. The summed E-state index contributed by atoms with van der Waals surface area (Å²) >= 11 is 1.55. The van der Waals surface area contributed by atoms with Crippen LogP contribution in [-0.4, -0.2) is 5.11 Å².